The predicted octanol–water partition coefficient (Wildman–Crippen LogP) is 0.607. The van der Waals surface area contributed by atoms with Gasteiger partial charge < -0.3 is 10.1 Å². The van der Waals surface area contributed by atoms with Crippen LogP contribution in [0, 0.1) is 5.92 Å². The molecule has 0 fully saturated rings. The highest BCUT2D eigenvalue weighted by molar-refractivity contribution is 7.89. The minimum atomic E-state index is -3.62. The lowest BCUT2D eigenvalue weighted by molar-refractivity contribution is 0.0600. The zero-order valence-electron chi connectivity index (χ0n) is 11.8. The number of nitrogens with one attached hydrogen (secondary N) is 2. The lowest BCUT2D eigenvalue weighted by Crippen LogP contribution is -2.32. The zero-order valence-corrected chi connectivity index (χ0v) is 12.7. The first-order chi connectivity index (χ1) is 9.40. The fourth-order valence-corrected chi connectivity index (χ4v) is 2.87. The number of carbonyl (C=O) groups excluding carboxylic acids is 1. The lowest BCUT2D eigenvalue weighted by atomic mass is 10.2. The summed E-state index contributed by atoms with van der Waals surface area (Å²) < 4.78 is 31.3. The number of sulfonamides is 1. The van der Waals surface area contributed by atoms with Crippen LogP contribution in [-0.4, -0.2) is 41.6 Å². The number of hydrogen-bond donors (Lipinski definition) is 2. The van der Waals surface area contributed by atoms with Crippen LogP contribution >= 0.6 is 0 Å². The first kappa shape index (κ1) is 16.6. The molecule has 0 radical (unpaired) electrons. The van der Waals surface area contributed by atoms with Gasteiger partial charge >= 0.3 is 5.97 Å². The Morgan fingerprint density at radius 1 is 1.35 bits per heavy atom. The number of benzene rings is 1. The average Bonchev–Trinajstić information content (AvgIpc) is 2.45. The van der Waals surface area contributed by atoms with Crippen LogP contribution in [0.1, 0.15) is 17.3 Å². The van der Waals surface area contributed by atoms with Crippen LogP contribution in [0.2, 0.25) is 0 Å². The van der Waals surface area contributed by atoms with Gasteiger partial charge in [0.2, 0.25) is 10.0 Å². The zero-order chi connectivity index (χ0) is 15.2. The van der Waals surface area contributed by atoms with Crippen molar-refractivity contribution in [2.45, 2.75) is 11.8 Å². The van der Waals surface area contributed by atoms with Crippen LogP contribution in [0.3, 0.4) is 0 Å². The quantitative estimate of drug-likeness (QED) is 0.721. The van der Waals surface area contributed by atoms with Crippen LogP contribution < -0.4 is 10.0 Å². The summed E-state index contributed by atoms with van der Waals surface area (Å²) >= 11 is 0. The Hall–Kier alpha value is -1.44. The molecule has 112 valence electrons. The lowest BCUT2D eigenvalue weighted by Gasteiger charge is -2.12. The molecular weight excluding hydrogens is 280 g/mol. The van der Waals surface area contributed by atoms with Gasteiger partial charge in [-0.3, -0.25) is 0 Å². The molecule has 0 saturated carbocycles. The minimum Gasteiger partial charge on any atom is -0.465 e. The number of esters is 1. The summed E-state index contributed by atoms with van der Waals surface area (Å²) in [5.41, 5.74) is 0.207. The summed E-state index contributed by atoms with van der Waals surface area (Å²) in [4.78, 5) is 11.5. The molecule has 7 heteroatoms. The van der Waals surface area contributed by atoms with Crippen LogP contribution in [0.4, 0.5) is 0 Å². The standard InChI is InChI=1S/C13H20N2O4S/c1-10(8-14-2)9-15-20(17,18)12-6-4-5-11(7-12)13(16)19-3/h4-7,10,14-15H,8-9H2,1-3H3. The second kappa shape index (κ2) is 7.37. The molecule has 0 bridgehead atoms. The van der Waals surface area contributed by atoms with Crippen molar-refractivity contribution in [3.05, 3.63) is 29.8 Å². The molecule has 1 unspecified atom stereocenters. The van der Waals surface area contributed by atoms with E-state index >= 15 is 0 Å². The number of methoxy groups -OCH3 is 1. The Morgan fingerprint density at radius 3 is 2.65 bits per heavy atom. The van der Waals surface area contributed by atoms with Crippen molar-refractivity contribution in [3.63, 3.8) is 0 Å². The second-order valence-electron chi connectivity index (χ2n) is 4.53. The van der Waals surface area contributed by atoms with Crippen molar-refractivity contribution in [2.75, 3.05) is 27.2 Å². The molecule has 1 aromatic rings. The summed E-state index contributed by atoms with van der Waals surface area (Å²) in [6.07, 6.45) is 0. The number of rotatable bonds is 7. The van der Waals surface area contributed by atoms with Crippen molar-refractivity contribution in [1.82, 2.24) is 10.0 Å². The molecular formula is C13H20N2O4S. The molecule has 0 aromatic heterocycles. The fourth-order valence-electron chi connectivity index (χ4n) is 1.66. The van der Waals surface area contributed by atoms with E-state index in [-0.39, 0.29) is 16.4 Å². The van der Waals surface area contributed by atoms with Gasteiger partial charge in [-0.25, -0.2) is 17.9 Å². The van der Waals surface area contributed by atoms with Crippen LogP contribution in [-0.2, 0) is 14.8 Å². The van der Waals surface area contributed by atoms with E-state index in [9.17, 15) is 13.2 Å². The Labute approximate surface area is 119 Å². The highest BCUT2D eigenvalue weighted by Gasteiger charge is 2.17. The van der Waals surface area contributed by atoms with Gasteiger partial charge in [-0.2, -0.15) is 0 Å². The van der Waals surface area contributed by atoms with Gasteiger partial charge in [0.1, 0.15) is 0 Å². The minimum absolute atomic E-state index is 0.0528. The molecule has 0 aliphatic carbocycles. The molecule has 0 amide bonds. The van der Waals surface area contributed by atoms with Gasteiger partial charge in [0.25, 0.3) is 0 Å². The molecule has 1 rings (SSSR count). The number of ether oxygens (including phenoxy) is 1. The molecule has 0 aliphatic rings. The summed E-state index contributed by atoms with van der Waals surface area (Å²) in [7, 11) is -0.562. The topological polar surface area (TPSA) is 84.5 Å². The maximum absolute atomic E-state index is 12.1. The normalized spacial score (nSPS) is 12.9. The van der Waals surface area contributed by atoms with Gasteiger partial charge in [-0.1, -0.05) is 13.0 Å². The van der Waals surface area contributed by atoms with Gasteiger partial charge in [0.05, 0.1) is 17.6 Å². The maximum atomic E-state index is 12.1. The van der Waals surface area contributed by atoms with Crippen LogP contribution in [0.5, 0.6) is 0 Å². The van der Waals surface area contributed by atoms with Gasteiger partial charge in [-0.05, 0) is 37.7 Å². The van der Waals surface area contributed by atoms with Gasteiger partial charge in [-0.15, -0.1) is 0 Å². The van der Waals surface area contributed by atoms with Crippen LogP contribution in [0.15, 0.2) is 29.2 Å². The Balaban J connectivity index is 2.85. The highest BCUT2D eigenvalue weighted by Crippen LogP contribution is 2.12. The summed E-state index contributed by atoms with van der Waals surface area (Å²) in [5.74, 6) is -0.399. The van der Waals surface area contributed by atoms with Crippen molar-refractivity contribution in [3.8, 4) is 0 Å². The third-order valence-electron chi connectivity index (χ3n) is 2.74. The van der Waals surface area contributed by atoms with E-state index in [1.165, 1.54) is 31.4 Å². The first-order valence-electron chi connectivity index (χ1n) is 6.23. The summed E-state index contributed by atoms with van der Waals surface area (Å²) in [6, 6.07) is 5.76. The third kappa shape index (κ3) is 4.59. The molecule has 0 aliphatic heterocycles. The predicted molar refractivity (Wildman–Crippen MR) is 76.1 cm³/mol. The smallest absolute Gasteiger partial charge is 0.337 e. The molecule has 0 heterocycles. The summed E-state index contributed by atoms with van der Waals surface area (Å²) in [6.45, 7) is 2.97. The Bertz CT molecular complexity index is 557. The van der Waals surface area contributed by atoms with Gasteiger partial charge in [0, 0.05) is 6.54 Å². The SMILES string of the molecule is CNCC(C)CNS(=O)(=O)c1cccc(C(=O)OC)c1. The molecule has 2 N–H and O–H groups in total. The number of hydrogen-bond acceptors (Lipinski definition) is 5. The maximum Gasteiger partial charge on any atom is 0.337 e. The molecule has 1 aromatic carbocycles. The average molecular weight is 300 g/mol. The van der Waals surface area contributed by atoms with E-state index in [1.54, 1.807) is 0 Å². The van der Waals surface area contributed by atoms with Crippen molar-refractivity contribution < 1.29 is 17.9 Å². The van der Waals surface area contributed by atoms with Crippen LogP contribution in [0.25, 0.3) is 0 Å². The Morgan fingerprint density at radius 2 is 2.05 bits per heavy atom. The number of carbonyl (C=O) groups is 1. The first-order valence-corrected chi connectivity index (χ1v) is 7.71. The van der Waals surface area contributed by atoms with Crippen molar-refractivity contribution in [2.24, 2.45) is 5.92 Å². The van der Waals surface area contributed by atoms with Gasteiger partial charge in [0.15, 0.2) is 0 Å². The van der Waals surface area contributed by atoms with E-state index < -0.39 is 16.0 Å². The second-order valence-corrected chi connectivity index (χ2v) is 6.30. The highest BCUT2D eigenvalue weighted by atomic mass is 32.2. The van der Waals surface area contributed by atoms with E-state index in [4.69, 9.17) is 0 Å². The molecule has 0 spiro atoms. The van der Waals surface area contributed by atoms with Crippen molar-refractivity contribution in [1.29, 1.82) is 0 Å². The molecule has 20 heavy (non-hydrogen) atoms. The van der Waals surface area contributed by atoms with E-state index in [2.05, 4.69) is 14.8 Å². The van der Waals surface area contributed by atoms with Crippen molar-refractivity contribution >= 4 is 16.0 Å². The third-order valence-corrected chi connectivity index (χ3v) is 4.16. The Kier molecular flexibility index (Phi) is 6.12. The molecule has 6 nitrogen and oxygen atoms in total. The monoisotopic (exact) mass is 300 g/mol. The molecule has 1 atom stereocenters. The van der Waals surface area contributed by atoms with E-state index in [1.807, 2.05) is 14.0 Å². The van der Waals surface area contributed by atoms with E-state index in [0.717, 1.165) is 0 Å². The van der Waals surface area contributed by atoms with E-state index in [0.29, 0.717) is 13.1 Å². The summed E-state index contributed by atoms with van der Waals surface area (Å²) in [5, 5.41) is 2.98. The molecule has 0 saturated heterocycles. The fraction of sp³-hybridized carbons (Fsp3) is 0.462. The largest absolute Gasteiger partial charge is 0.465 e.